The van der Waals surface area contributed by atoms with Crippen LogP contribution in [-0.4, -0.2) is 61.4 Å². The molecule has 36 heavy (non-hydrogen) atoms. The van der Waals surface area contributed by atoms with Gasteiger partial charge in [0.2, 0.25) is 0 Å². The van der Waals surface area contributed by atoms with Gasteiger partial charge in [-0.05, 0) is 50.2 Å². The zero-order chi connectivity index (χ0) is 25.1. The summed E-state index contributed by atoms with van der Waals surface area (Å²) in [5.74, 6) is 0.599. The first-order valence-corrected chi connectivity index (χ1v) is 12.4. The standard InChI is InChI=1S/C27H29ClN6O2/c1-20-25(21(2)34(29-20)23-8-4-3-5-9-23)18-31-13-15-32(16-14-31)27(35)26-11-12-33(30-26)19-36-24-10-6-7-22(28)17-24/h3-12,17H,13-16,18-19H2,1-2H3. The Labute approximate surface area is 215 Å². The molecule has 5 rings (SSSR count). The van der Waals surface area contributed by atoms with Crippen LogP contribution in [0.25, 0.3) is 5.69 Å². The molecule has 1 aliphatic rings. The highest BCUT2D eigenvalue weighted by Crippen LogP contribution is 2.21. The maximum atomic E-state index is 13.0. The summed E-state index contributed by atoms with van der Waals surface area (Å²) in [6.07, 6.45) is 1.75. The molecule has 0 spiro atoms. The van der Waals surface area contributed by atoms with Crippen LogP contribution >= 0.6 is 11.6 Å². The lowest BCUT2D eigenvalue weighted by molar-refractivity contribution is 0.0620. The van der Waals surface area contributed by atoms with Gasteiger partial charge in [-0.1, -0.05) is 35.9 Å². The maximum absolute atomic E-state index is 13.0. The van der Waals surface area contributed by atoms with Crippen LogP contribution in [0.4, 0.5) is 0 Å². The van der Waals surface area contributed by atoms with Crippen LogP contribution in [0, 0.1) is 13.8 Å². The summed E-state index contributed by atoms with van der Waals surface area (Å²) < 4.78 is 9.33. The molecule has 0 N–H and O–H groups in total. The van der Waals surface area contributed by atoms with Crippen molar-refractivity contribution in [1.82, 2.24) is 29.4 Å². The molecular formula is C27H29ClN6O2. The fourth-order valence-corrected chi connectivity index (χ4v) is 4.64. The molecule has 0 bridgehead atoms. The molecule has 9 heteroatoms. The second-order valence-electron chi connectivity index (χ2n) is 8.94. The van der Waals surface area contributed by atoms with Crippen molar-refractivity contribution in [2.24, 2.45) is 0 Å². The van der Waals surface area contributed by atoms with Crippen LogP contribution in [0.1, 0.15) is 27.4 Å². The topological polar surface area (TPSA) is 68.4 Å². The van der Waals surface area contributed by atoms with Gasteiger partial charge in [-0.25, -0.2) is 9.36 Å². The van der Waals surface area contributed by atoms with Gasteiger partial charge in [0.05, 0.1) is 11.4 Å². The number of benzene rings is 2. The largest absolute Gasteiger partial charge is 0.471 e. The van der Waals surface area contributed by atoms with Gasteiger partial charge in [-0.15, -0.1) is 0 Å². The van der Waals surface area contributed by atoms with E-state index in [-0.39, 0.29) is 12.6 Å². The van der Waals surface area contributed by atoms with E-state index < -0.39 is 0 Å². The van der Waals surface area contributed by atoms with Crippen LogP contribution in [-0.2, 0) is 13.3 Å². The lowest BCUT2D eigenvalue weighted by Crippen LogP contribution is -2.48. The van der Waals surface area contributed by atoms with Gasteiger partial charge in [0.1, 0.15) is 5.75 Å². The first-order valence-electron chi connectivity index (χ1n) is 12.0. The average molecular weight is 505 g/mol. The SMILES string of the molecule is Cc1nn(-c2ccccc2)c(C)c1CN1CCN(C(=O)c2ccn(COc3cccc(Cl)c3)n2)CC1. The second-order valence-corrected chi connectivity index (χ2v) is 9.37. The van der Waals surface area contributed by atoms with E-state index in [0.29, 0.717) is 29.6 Å². The van der Waals surface area contributed by atoms with Gasteiger partial charge in [-0.3, -0.25) is 9.69 Å². The molecule has 3 heterocycles. The molecule has 2 aromatic heterocycles. The van der Waals surface area contributed by atoms with E-state index in [1.54, 1.807) is 29.1 Å². The van der Waals surface area contributed by atoms with Crippen molar-refractivity contribution in [3.63, 3.8) is 0 Å². The Balaban J connectivity index is 1.15. The molecule has 0 unspecified atom stereocenters. The minimum Gasteiger partial charge on any atom is -0.471 e. The van der Waals surface area contributed by atoms with Gasteiger partial charge >= 0.3 is 0 Å². The van der Waals surface area contributed by atoms with E-state index in [9.17, 15) is 4.79 Å². The minimum atomic E-state index is -0.0552. The highest BCUT2D eigenvalue weighted by Gasteiger charge is 2.25. The molecule has 8 nitrogen and oxygen atoms in total. The monoisotopic (exact) mass is 504 g/mol. The van der Waals surface area contributed by atoms with Crippen molar-refractivity contribution < 1.29 is 9.53 Å². The molecule has 1 amide bonds. The molecule has 0 aliphatic carbocycles. The second kappa shape index (κ2) is 10.6. The van der Waals surface area contributed by atoms with E-state index in [1.807, 2.05) is 39.9 Å². The molecule has 1 saturated heterocycles. The number of carbonyl (C=O) groups excluding carboxylic acids is 1. The van der Waals surface area contributed by atoms with Crippen LogP contribution in [0.5, 0.6) is 5.75 Å². The minimum absolute atomic E-state index is 0.0552. The number of nitrogens with zero attached hydrogens (tertiary/aromatic N) is 6. The zero-order valence-electron chi connectivity index (χ0n) is 20.5. The Hall–Kier alpha value is -3.62. The number of hydrogen-bond donors (Lipinski definition) is 0. The van der Waals surface area contributed by atoms with Crippen molar-refractivity contribution in [2.45, 2.75) is 27.1 Å². The van der Waals surface area contributed by atoms with Crippen molar-refractivity contribution in [3.8, 4) is 11.4 Å². The van der Waals surface area contributed by atoms with Crippen molar-refractivity contribution in [2.75, 3.05) is 26.2 Å². The summed E-state index contributed by atoms with van der Waals surface area (Å²) in [6, 6.07) is 19.1. The molecule has 0 radical (unpaired) electrons. The summed E-state index contributed by atoms with van der Waals surface area (Å²) in [4.78, 5) is 17.3. The van der Waals surface area contributed by atoms with Crippen molar-refractivity contribution in [1.29, 1.82) is 0 Å². The van der Waals surface area contributed by atoms with Crippen LogP contribution in [0.2, 0.25) is 5.02 Å². The Kier molecular flexibility index (Phi) is 7.06. The number of ether oxygens (including phenoxy) is 1. The third-order valence-electron chi connectivity index (χ3n) is 6.50. The molecule has 1 fully saturated rings. The predicted octanol–water partition coefficient (Wildman–Crippen LogP) is 4.33. The zero-order valence-corrected chi connectivity index (χ0v) is 21.2. The molecule has 4 aromatic rings. The van der Waals surface area contributed by atoms with Gasteiger partial charge < -0.3 is 9.64 Å². The number of hydrogen-bond acceptors (Lipinski definition) is 5. The van der Waals surface area contributed by atoms with Gasteiger partial charge in [0.15, 0.2) is 12.4 Å². The van der Waals surface area contributed by atoms with Gasteiger partial charge in [0, 0.05) is 55.2 Å². The third kappa shape index (κ3) is 5.29. The summed E-state index contributed by atoms with van der Waals surface area (Å²) in [5.41, 5.74) is 4.94. The smallest absolute Gasteiger partial charge is 0.274 e. The first-order chi connectivity index (χ1) is 17.5. The third-order valence-corrected chi connectivity index (χ3v) is 6.74. The molecule has 0 saturated carbocycles. The normalized spacial score (nSPS) is 14.2. The number of rotatable bonds is 7. The van der Waals surface area contributed by atoms with Crippen LogP contribution < -0.4 is 4.74 Å². The molecule has 186 valence electrons. The lowest BCUT2D eigenvalue weighted by Gasteiger charge is -2.34. The Morgan fingerprint density at radius 1 is 0.972 bits per heavy atom. The van der Waals surface area contributed by atoms with E-state index >= 15 is 0 Å². The Bertz CT molecular complexity index is 1340. The summed E-state index contributed by atoms with van der Waals surface area (Å²) in [7, 11) is 0. The summed E-state index contributed by atoms with van der Waals surface area (Å²) in [6.45, 7) is 8.14. The van der Waals surface area contributed by atoms with E-state index in [1.165, 1.54) is 5.56 Å². The van der Waals surface area contributed by atoms with Crippen LogP contribution in [0.3, 0.4) is 0 Å². The number of halogens is 1. The van der Waals surface area contributed by atoms with E-state index in [2.05, 4.69) is 36.0 Å². The number of aryl methyl sites for hydroxylation is 1. The number of piperazine rings is 1. The highest BCUT2D eigenvalue weighted by atomic mass is 35.5. The fourth-order valence-electron chi connectivity index (χ4n) is 4.46. The lowest BCUT2D eigenvalue weighted by atomic mass is 10.1. The molecule has 2 aromatic carbocycles. The van der Waals surface area contributed by atoms with Crippen molar-refractivity contribution in [3.05, 3.63) is 94.5 Å². The number of amides is 1. The molecule has 0 atom stereocenters. The first kappa shape index (κ1) is 24.1. The molecule has 1 aliphatic heterocycles. The number of para-hydroxylation sites is 1. The quantitative estimate of drug-likeness (QED) is 0.374. The number of carbonyl (C=O) groups is 1. The average Bonchev–Trinajstić information content (AvgIpc) is 3.48. The molecular weight excluding hydrogens is 476 g/mol. The van der Waals surface area contributed by atoms with Gasteiger partial charge in [-0.2, -0.15) is 10.2 Å². The van der Waals surface area contributed by atoms with E-state index in [4.69, 9.17) is 21.4 Å². The summed E-state index contributed by atoms with van der Waals surface area (Å²) >= 11 is 6.00. The predicted molar refractivity (Wildman–Crippen MR) is 139 cm³/mol. The van der Waals surface area contributed by atoms with E-state index in [0.717, 1.165) is 36.7 Å². The van der Waals surface area contributed by atoms with Crippen LogP contribution in [0.15, 0.2) is 66.9 Å². The Morgan fingerprint density at radius 2 is 1.75 bits per heavy atom. The fraction of sp³-hybridized carbons (Fsp3) is 0.296. The number of aromatic nitrogens is 4. The highest BCUT2D eigenvalue weighted by molar-refractivity contribution is 6.30. The summed E-state index contributed by atoms with van der Waals surface area (Å²) in [5, 5.41) is 9.78. The van der Waals surface area contributed by atoms with Gasteiger partial charge in [0.25, 0.3) is 5.91 Å². The Morgan fingerprint density at radius 3 is 2.50 bits per heavy atom. The maximum Gasteiger partial charge on any atom is 0.274 e. The van der Waals surface area contributed by atoms with Crippen molar-refractivity contribution >= 4 is 17.5 Å².